The maximum atomic E-state index is 12.5. The van der Waals surface area contributed by atoms with Crippen LogP contribution in [-0.2, 0) is 4.79 Å². The van der Waals surface area contributed by atoms with E-state index < -0.39 is 30.2 Å². The summed E-state index contributed by atoms with van der Waals surface area (Å²) in [6, 6.07) is 0. The highest BCUT2D eigenvalue weighted by Crippen LogP contribution is 2.51. The van der Waals surface area contributed by atoms with E-state index in [9.17, 15) is 22.4 Å². The summed E-state index contributed by atoms with van der Waals surface area (Å²) in [6.45, 7) is 0. The van der Waals surface area contributed by atoms with Crippen molar-refractivity contribution in [3.63, 3.8) is 0 Å². The fraction of sp³-hybridized carbons (Fsp3) is 0.800. The van der Waals surface area contributed by atoms with Gasteiger partial charge in [-0.3, -0.25) is 0 Å². The van der Waals surface area contributed by atoms with Crippen molar-refractivity contribution in [3.8, 4) is 0 Å². The molecular formula is C5H4F4O2. The predicted octanol–water partition coefficient (Wildman–Crippen LogP) is 1.16. The normalized spacial score (nSPS) is 41.3. The first-order valence-electron chi connectivity index (χ1n) is 2.76. The molecule has 1 fully saturated rings. The second kappa shape index (κ2) is 1.86. The minimum atomic E-state index is -4.38. The minimum absolute atomic E-state index is 1.27. The van der Waals surface area contributed by atoms with E-state index in [1.807, 2.05) is 0 Å². The van der Waals surface area contributed by atoms with Crippen LogP contribution in [0.1, 0.15) is 6.42 Å². The molecule has 0 radical (unpaired) electrons. The van der Waals surface area contributed by atoms with Crippen LogP contribution in [0.3, 0.4) is 0 Å². The van der Waals surface area contributed by atoms with Crippen LogP contribution in [0.5, 0.6) is 0 Å². The molecule has 2 unspecified atom stereocenters. The maximum Gasteiger partial charge on any atom is 0.348 e. The quantitative estimate of drug-likeness (QED) is 0.602. The summed E-state index contributed by atoms with van der Waals surface area (Å²) in [5, 5.41) is 7.92. The molecule has 1 saturated carbocycles. The Morgan fingerprint density at radius 1 is 1.45 bits per heavy atom. The van der Waals surface area contributed by atoms with Gasteiger partial charge >= 0.3 is 11.9 Å². The number of hydrogen-bond acceptors (Lipinski definition) is 1. The first kappa shape index (κ1) is 8.29. The van der Waals surface area contributed by atoms with Crippen molar-refractivity contribution in [2.45, 2.75) is 24.2 Å². The molecule has 11 heavy (non-hydrogen) atoms. The van der Waals surface area contributed by atoms with Gasteiger partial charge in [0.25, 0.3) is 5.67 Å². The van der Waals surface area contributed by atoms with Gasteiger partial charge in [-0.15, -0.1) is 0 Å². The summed E-state index contributed by atoms with van der Waals surface area (Å²) in [5.74, 6) is -6.69. The molecule has 2 nitrogen and oxygen atoms in total. The van der Waals surface area contributed by atoms with Crippen molar-refractivity contribution in [2.75, 3.05) is 0 Å². The number of halogens is 4. The Kier molecular flexibility index (Phi) is 1.40. The van der Waals surface area contributed by atoms with Gasteiger partial charge in [0.05, 0.1) is 0 Å². The number of alkyl halides is 4. The van der Waals surface area contributed by atoms with Crippen molar-refractivity contribution >= 4 is 5.97 Å². The zero-order chi connectivity index (χ0) is 8.86. The van der Waals surface area contributed by atoms with Crippen LogP contribution >= 0.6 is 0 Å². The SMILES string of the molecule is O=C(O)C1(F)CC(F)C1(F)F. The van der Waals surface area contributed by atoms with Crippen LogP contribution in [0.25, 0.3) is 0 Å². The summed E-state index contributed by atoms with van der Waals surface area (Å²) >= 11 is 0. The van der Waals surface area contributed by atoms with E-state index in [-0.39, 0.29) is 0 Å². The smallest absolute Gasteiger partial charge is 0.348 e. The summed E-state index contributed by atoms with van der Waals surface area (Å²) in [7, 11) is 0. The third kappa shape index (κ3) is 0.749. The molecule has 0 aromatic carbocycles. The molecule has 2 atom stereocenters. The van der Waals surface area contributed by atoms with Gasteiger partial charge in [0.2, 0.25) is 0 Å². The third-order valence-corrected chi connectivity index (χ3v) is 1.72. The van der Waals surface area contributed by atoms with Crippen molar-refractivity contribution in [2.24, 2.45) is 0 Å². The van der Waals surface area contributed by atoms with Crippen molar-refractivity contribution in [1.82, 2.24) is 0 Å². The summed E-state index contributed by atoms with van der Waals surface area (Å²) in [4.78, 5) is 9.84. The number of hydrogen-bond donors (Lipinski definition) is 1. The lowest BCUT2D eigenvalue weighted by atomic mass is 9.76. The van der Waals surface area contributed by atoms with Gasteiger partial charge in [-0.25, -0.2) is 13.6 Å². The van der Waals surface area contributed by atoms with E-state index in [0.717, 1.165) is 0 Å². The van der Waals surface area contributed by atoms with Crippen LogP contribution in [0.15, 0.2) is 0 Å². The summed E-state index contributed by atoms with van der Waals surface area (Å²) in [5.41, 5.74) is -3.70. The summed E-state index contributed by atoms with van der Waals surface area (Å²) < 4.78 is 48.6. The summed E-state index contributed by atoms with van der Waals surface area (Å²) in [6.07, 6.45) is -3.95. The van der Waals surface area contributed by atoms with Crippen molar-refractivity contribution < 1.29 is 27.5 Å². The van der Waals surface area contributed by atoms with Gasteiger partial charge in [0.15, 0.2) is 6.17 Å². The van der Waals surface area contributed by atoms with E-state index in [1.165, 1.54) is 0 Å². The topological polar surface area (TPSA) is 37.3 Å². The third-order valence-electron chi connectivity index (χ3n) is 1.72. The Labute approximate surface area is 58.8 Å². The molecule has 0 aromatic rings. The van der Waals surface area contributed by atoms with Gasteiger partial charge in [-0.1, -0.05) is 0 Å². The van der Waals surface area contributed by atoms with E-state index >= 15 is 0 Å². The highest BCUT2D eigenvalue weighted by Gasteiger charge is 2.75. The highest BCUT2D eigenvalue weighted by atomic mass is 19.3. The van der Waals surface area contributed by atoms with Gasteiger partial charge in [0.1, 0.15) is 0 Å². The Morgan fingerprint density at radius 3 is 2.00 bits per heavy atom. The van der Waals surface area contributed by atoms with E-state index in [2.05, 4.69) is 0 Å². The van der Waals surface area contributed by atoms with Gasteiger partial charge in [-0.05, 0) is 0 Å². The highest BCUT2D eigenvalue weighted by molar-refractivity contribution is 5.81. The van der Waals surface area contributed by atoms with Crippen LogP contribution in [0.4, 0.5) is 17.6 Å². The number of carboxylic acid groups (broad SMARTS) is 1. The minimum Gasteiger partial charge on any atom is -0.479 e. The van der Waals surface area contributed by atoms with Crippen LogP contribution < -0.4 is 0 Å². The fourth-order valence-electron chi connectivity index (χ4n) is 0.858. The zero-order valence-corrected chi connectivity index (χ0v) is 5.15. The number of aliphatic carboxylic acids is 1. The van der Waals surface area contributed by atoms with Crippen LogP contribution in [0.2, 0.25) is 0 Å². The molecule has 0 amide bonds. The molecule has 1 N–H and O–H groups in total. The Balaban J connectivity index is 2.87. The average Bonchev–Trinajstić information content (AvgIpc) is 1.87. The van der Waals surface area contributed by atoms with Crippen LogP contribution in [0, 0.1) is 0 Å². The van der Waals surface area contributed by atoms with Crippen LogP contribution in [-0.4, -0.2) is 28.8 Å². The molecule has 0 heterocycles. The Morgan fingerprint density at radius 2 is 1.91 bits per heavy atom. The predicted molar refractivity (Wildman–Crippen MR) is 25.9 cm³/mol. The van der Waals surface area contributed by atoms with E-state index in [1.54, 1.807) is 0 Å². The van der Waals surface area contributed by atoms with Gasteiger partial charge in [0, 0.05) is 6.42 Å². The molecule has 1 rings (SSSR count). The fourth-order valence-corrected chi connectivity index (χ4v) is 0.858. The molecule has 0 saturated heterocycles. The molecule has 64 valence electrons. The maximum absolute atomic E-state index is 12.5. The second-order valence-corrected chi connectivity index (χ2v) is 2.40. The lowest BCUT2D eigenvalue weighted by Gasteiger charge is -2.41. The molecule has 1 aliphatic carbocycles. The molecule has 0 aromatic heterocycles. The largest absolute Gasteiger partial charge is 0.479 e. The van der Waals surface area contributed by atoms with Gasteiger partial charge < -0.3 is 5.11 Å². The van der Waals surface area contributed by atoms with Crippen molar-refractivity contribution in [3.05, 3.63) is 0 Å². The van der Waals surface area contributed by atoms with E-state index in [0.29, 0.717) is 0 Å². The first-order chi connectivity index (χ1) is 4.82. The lowest BCUT2D eigenvalue weighted by molar-refractivity contribution is -0.258. The molecule has 6 heteroatoms. The molecular weight excluding hydrogens is 168 g/mol. The van der Waals surface area contributed by atoms with Gasteiger partial charge in [-0.2, -0.15) is 8.78 Å². The first-order valence-corrected chi connectivity index (χ1v) is 2.76. The second-order valence-electron chi connectivity index (χ2n) is 2.40. The molecule has 1 aliphatic rings. The molecule has 0 spiro atoms. The molecule has 0 bridgehead atoms. The number of rotatable bonds is 1. The zero-order valence-electron chi connectivity index (χ0n) is 5.15. The monoisotopic (exact) mass is 172 g/mol. The van der Waals surface area contributed by atoms with Crippen molar-refractivity contribution in [1.29, 1.82) is 0 Å². The Hall–Kier alpha value is -0.810. The van der Waals surface area contributed by atoms with E-state index in [4.69, 9.17) is 5.11 Å². The lowest BCUT2D eigenvalue weighted by Crippen LogP contribution is -2.67. The average molecular weight is 172 g/mol. The number of carboxylic acids is 1. The standard InChI is InChI=1S/C5H4F4O2/c6-2-1-4(7,3(10)11)5(2,8)9/h2H,1H2,(H,10,11). The Bertz CT molecular complexity index is 205. The molecule has 0 aliphatic heterocycles. The number of carbonyl (C=O) groups is 1.